The van der Waals surface area contributed by atoms with Crippen LogP contribution in [0.4, 0.5) is 0 Å². The normalized spacial score (nSPS) is 12.9. The van der Waals surface area contributed by atoms with Crippen LogP contribution in [-0.4, -0.2) is 15.5 Å². The van der Waals surface area contributed by atoms with Gasteiger partial charge in [0.15, 0.2) is 4.33 Å². The van der Waals surface area contributed by atoms with Gasteiger partial charge in [-0.25, -0.2) is 0 Å². The van der Waals surface area contributed by atoms with E-state index in [0.29, 0.717) is 12.0 Å². The van der Waals surface area contributed by atoms with E-state index >= 15 is 0 Å². The summed E-state index contributed by atoms with van der Waals surface area (Å²) in [5, 5.41) is 8.93. The lowest BCUT2D eigenvalue weighted by Gasteiger charge is -2.29. The van der Waals surface area contributed by atoms with E-state index < -0.39 is 8.13 Å². The molecule has 0 fully saturated rings. The number of hydrogen-bond donors (Lipinski definition) is 1. The Hall–Kier alpha value is 0.630. The number of benzene rings is 1. The lowest BCUT2D eigenvalue weighted by molar-refractivity contribution is 0.299. The molecule has 0 bridgehead atoms. The second kappa shape index (κ2) is 5.51. The number of aliphatic hydroxyl groups is 1. The van der Waals surface area contributed by atoms with Crippen molar-refractivity contribution in [2.75, 3.05) is 6.61 Å². The number of alkyl halides is 5. The molecule has 0 radical (unpaired) electrons. The SMILES string of the molecule is OCCc1ccccc1C(Cl)(Cl)C(Cl)(Cl)Cl. The second-order valence-electron chi connectivity index (χ2n) is 3.20. The predicted octanol–water partition coefficient (Wildman–Crippen LogP) is 4.22. The first-order valence-electron chi connectivity index (χ1n) is 4.44. The third-order valence-corrected chi connectivity index (χ3v) is 4.50. The minimum Gasteiger partial charge on any atom is -0.396 e. The van der Waals surface area contributed by atoms with E-state index in [2.05, 4.69) is 0 Å². The summed E-state index contributed by atoms with van der Waals surface area (Å²) in [6.07, 6.45) is 0.401. The molecule has 0 aromatic heterocycles. The minimum absolute atomic E-state index is 0.0271. The van der Waals surface area contributed by atoms with Gasteiger partial charge in [-0.15, -0.1) is 0 Å². The van der Waals surface area contributed by atoms with Gasteiger partial charge in [0.05, 0.1) is 0 Å². The molecule has 0 amide bonds. The van der Waals surface area contributed by atoms with E-state index in [1.54, 1.807) is 24.3 Å². The Balaban J connectivity index is 3.21. The van der Waals surface area contributed by atoms with Crippen LogP contribution in [0.25, 0.3) is 0 Å². The maximum Gasteiger partial charge on any atom is 0.227 e. The molecule has 1 aromatic carbocycles. The molecule has 0 aliphatic carbocycles. The first-order valence-corrected chi connectivity index (χ1v) is 6.33. The molecule has 6 heteroatoms. The van der Waals surface area contributed by atoms with Crippen LogP contribution in [-0.2, 0) is 10.8 Å². The zero-order chi connectivity index (χ0) is 12.4. The van der Waals surface area contributed by atoms with Crippen LogP contribution < -0.4 is 0 Å². The third-order valence-electron chi connectivity index (χ3n) is 2.09. The summed E-state index contributed by atoms with van der Waals surface area (Å²) in [5.41, 5.74) is 1.24. The van der Waals surface area contributed by atoms with Crippen molar-refractivity contribution in [1.82, 2.24) is 0 Å². The molecular formula is C10H9Cl5O. The molecule has 0 aliphatic rings. The van der Waals surface area contributed by atoms with Gasteiger partial charge < -0.3 is 5.11 Å². The summed E-state index contributed by atoms with van der Waals surface area (Å²) < 4.78 is -3.49. The lowest BCUT2D eigenvalue weighted by atomic mass is 10.0. The fraction of sp³-hybridized carbons (Fsp3) is 0.400. The first kappa shape index (κ1) is 14.7. The average molecular weight is 322 g/mol. The van der Waals surface area contributed by atoms with Crippen LogP contribution in [0.15, 0.2) is 24.3 Å². The zero-order valence-electron chi connectivity index (χ0n) is 8.06. The molecular weight excluding hydrogens is 313 g/mol. The van der Waals surface area contributed by atoms with Gasteiger partial charge in [0.25, 0.3) is 0 Å². The van der Waals surface area contributed by atoms with Gasteiger partial charge in [-0.05, 0) is 17.5 Å². The highest BCUT2D eigenvalue weighted by Crippen LogP contribution is 2.53. The van der Waals surface area contributed by atoms with Gasteiger partial charge in [-0.2, -0.15) is 0 Å². The van der Waals surface area contributed by atoms with Gasteiger partial charge in [-0.1, -0.05) is 82.3 Å². The van der Waals surface area contributed by atoms with Crippen molar-refractivity contribution in [3.05, 3.63) is 35.4 Å². The van der Waals surface area contributed by atoms with Gasteiger partial charge in [0, 0.05) is 6.61 Å². The van der Waals surface area contributed by atoms with Crippen molar-refractivity contribution in [2.45, 2.75) is 14.5 Å². The Bertz CT molecular complexity index is 358. The Morgan fingerprint density at radius 3 is 2.06 bits per heavy atom. The smallest absolute Gasteiger partial charge is 0.227 e. The molecule has 0 heterocycles. The zero-order valence-corrected chi connectivity index (χ0v) is 11.8. The summed E-state index contributed by atoms with van der Waals surface area (Å²) in [6, 6.07) is 7.00. The van der Waals surface area contributed by atoms with Crippen LogP contribution >= 0.6 is 58.0 Å². The second-order valence-corrected chi connectivity index (χ2v) is 6.81. The molecule has 16 heavy (non-hydrogen) atoms. The molecule has 0 atom stereocenters. The van der Waals surface area contributed by atoms with E-state index in [4.69, 9.17) is 63.1 Å². The highest BCUT2D eigenvalue weighted by molar-refractivity contribution is 6.75. The minimum atomic E-state index is -1.85. The summed E-state index contributed by atoms with van der Waals surface area (Å²) >= 11 is 29.3. The van der Waals surface area contributed by atoms with Gasteiger partial charge in [0.2, 0.25) is 3.79 Å². The molecule has 0 saturated heterocycles. The van der Waals surface area contributed by atoms with E-state index in [1.165, 1.54) is 0 Å². The highest BCUT2D eigenvalue weighted by Gasteiger charge is 2.48. The largest absolute Gasteiger partial charge is 0.396 e. The third kappa shape index (κ3) is 3.10. The van der Waals surface area contributed by atoms with Crippen LogP contribution in [0.5, 0.6) is 0 Å². The fourth-order valence-electron chi connectivity index (χ4n) is 1.32. The molecule has 1 N–H and O–H groups in total. The molecule has 90 valence electrons. The van der Waals surface area contributed by atoms with E-state index in [1.807, 2.05) is 0 Å². The van der Waals surface area contributed by atoms with Crippen molar-refractivity contribution in [3.63, 3.8) is 0 Å². The number of aliphatic hydroxyl groups excluding tert-OH is 1. The Morgan fingerprint density at radius 2 is 1.56 bits per heavy atom. The molecule has 1 rings (SSSR count). The Kier molecular flexibility index (Phi) is 5.06. The standard InChI is InChI=1S/C10H9Cl5O/c11-9(12,10(13,14)15)8-4-2-1-3-7(8)5-6-16/h1-4,16H,5-6H2. The van der Waals surface area contributed by atoms with Crippen molar-refractivity contribution in [1.29, 1.82) is 0 Å². The Labute approximate surface area is 119 Å². The van der Waals surface area contributed by atoms with E-state index in [-0.39, 0.29) is 6.61 Å². The fourth-order valence-corrected chi connectivity index (χ4v) is 1.99. The van der Waals surface area contributed by atoms with Crippen molar-refractivity contribution in [2.24, 2.45) is 0 Å². The monoisotopic (exact) mass is 320 g/mol. The predicted molar refractivity (Wildman–Crippen MR) is 70.9 cm³/mol. The maximum atomic E-state index is 8.93. The quantitative estimate of drug-likeness (QED) is 0.826. The van der Waals surface area contributed by atoms with Crippen LogP contribution in [0.3, 0.4) is 0 Å². The van der Waals surface area contributed by atoms with Crippen LogP contribution in [0, 0.1) is 0 Å². The van der Waals surface area contributed by atoms with Gasteiger partial charge >= 0.3 is 0 Å². The molecule has 0 spiro atoms. The van der Waals surface area contributed by atoms with Crippen LogP contribution in [0.2, 0.25) is 0 Å². The van der Waals surface area contributed by atoms with Gasteiger partial charge in [0.1, 0.15) is 0 Å². The van der Waals surface area contributed by atoms with Crippen molar-refractivity contribution >= 4 is 58.0 Å². The molecule has 0 aliphatic heterocycles. The molecule has 0 saturated carbocycles. The van der Waals surface area contributed by atoms with Crippen molar-refractivity contribution in [3.8, 4) is 0 Å². The molecule has 1 aromatic rings. The van der Waals surface area contributed by atoms with Gasteiger partial charge in [-0.3, -0.25) is 0 Å². The number of rotatable bonds is 3. The Morgan fingerprint density at radius 1 is 1.00 bits per heavy atom. The number of halogens is 5. The van der Waals surface area contributed by atoms with E-state index in [0.717, 1.165) is 5.56 Å². The maximum absolute atomic E-state index is 8.93. The first-order chi connectivity index (χ1) is 7.30. The molecule has 1 nitrogen and oxygen atoms in total. The summed E-state index contributed by atoms with van der Waals surface area (Å²) in [5.74, 6) is 0. The number of hydrogen-bond acceptors (Lipinski definition) is 1. The highest BCUT2D eigenvalue weighted by atomic mass is 35.6. The van der Waals surface area contributed by atoms with Crippen molar-refractivity contribution < 1.29 is 5.11 Å². The molecule has 0 unspecified atom stereocenters. The summed E-state index contributed by atoms with van der Waals surface area (Å²) in [7, 11) is 0. The lowest BCUT2D eigenvalue weighted by Crippen LogP contribution is -2.29. The van der Waals surface area contributed by atoms with E-state index in [9.17, 15) is 0 Å². The topological polar surface area (TPSA) is 20.2 Å². The summed E-state index contributed by atoms with van der Waals surface area (Å²) in [6.45, 7) is -0.0271. The van der Waals surface area contributed by atoms with Crippen LogP contribution in [0.1, 0.15) is 11.1 Å². The average Bonchev–Trinajstić information content (AvgIpc) is 2.17. The summed E-state index contributed by atoms with van der Waals surface area (Å²) in [4.78, 5) is 0.